The second kappa shape index (κ2) is 10.3. The predicted molar refractivity (Wildman–Crippen MR) is 139 cm³/mol. The molecule has 7 nitrogen and oxygen atoms in total. The van der Waals surface area contributed by atoms with Gasteiger partial charge in [-0.25, -0.2) is 4.39 Å². The molecule has 1 amide bonds. The number of carbonyl (C=O) groups is 1. The van der Waals surface area contributed by atoms with Crippen molar-refractivity contribution in [1.82, 2.24) is 25.3 Å². The van der Waals surface area contributed by atoms with Gasteiger partial charge in [0.15, 0.2) is 0 Å². The van der Waals surface area contributed by atoms with Crippen LogP contribution in [0.25, 0.3) is 0 Å². The predicted octanol–water partition coefficient (Wildman–Crippen LogP) is 3.19. The summed E-state index contributed by atoms with van der Waals surface area (Å²) in [5.41, 5.74) is 2.99. The Labute approximate surface area is 210 Å². The van der Waals surface area contributed by atoms with E-state index in [1.165, 1.54) is 18.4 Å². The SMILES string of the molecule is C[Si](C)(C)CCOCN1C=CC2=C3C(=CNC21)C(=O)NCN3[C@H]1CC[C@H](CN2CC[C@H](F)C2)CC1. The number of halogens is 1. The molecule has 0 aromatic rings. The first-order chi connectivity index (χ1) is 16.8. The molecular formula is C26H42FN5O2Si. The topological polar surface area (TPSA) is 60.1 Å². The lowest BCUT2D eigenvalue weighted by atomic mass is 9.84. The average molecular weight is 504 g/mol. The Bertz CT molecular complexity index is 893. The van der Waals surface area contributed by atoms with Crippen molar-refractivity contribution in [3.63, 3.8) is 0 Å². The molecule has 194 valence electrons. The van der Waals surface area contributed by atoms with Gasteiger partial charge in [-0.1, -0.05) is 19.6 Å². The molecule has 4 heterocycles. The molecule has 2 atom stereocenters. The van der Waals surface area contributed by atoms with E-state index >= 15 is 0 Å². The maximum atomic E-state index is 13.6. The number of hydrogen-bond donors (Lipinski definition) is 2. The Kier molecular flexibility index (Phi) is 7.28. The summed E-state index contributed by atoms with van der Waals surface area (Å²) >= 11 is 0. The minimum absolute atomic E-state index is 0.00330. The van der Waals surface area contributed by atoms with Gasteiger partial charge in [0.25, 0.3) is 5.91 Å². The number of rotatable bonds is 8. The highest BCUT2D eigenvalue weighted by molar-refractivity contribution is 6.76. The first-order valence-corrected chi connectivity index (χ1v) is 17.1. The Morgan fingerprint density at radius 2 is 1.97 bits per heavy atom. The maximum absolute atomic E-state index is 13.6. The third-order valence-corrected chi connectivity index (χ3v) is 9.86. The molecule has 0 radical (unpaired) electrons. The van der Waals surface area contributed by atoms with Crippen molar-refractivity contribution in [2.24, 2.45) is 5.92 Å². The van der Waals surface area contributed by atoms with Crippen molar-refractivity contribution in [3.8, 4) is 0 Å². The smallest absolute Gasteiger partial charge is 0.256 e. The molecule has 1 unspecified atom stereocenters. The molecule has 2 saturated heterocycles. The maximum Gasteiger partial charge on any atom is 0.256 e. The fourth-order valence-corrected chi connectivity index (χ4v) is 6.83. The minimum Gasteiger partial charge on any atom is -0.367 e. The second-order valence-electron chi connectivity index (χ2n) is 12.1. The zero-order valence-corrected chi connectivity index (χ0v) is 22.6. The standard InChI is InChI=1S/C26H42FN5O2Si/c1-35(2,3)13-12-34-18-31-11-9-22-24-23(14-28-25(22)31)26(33)29-17-32(24)21-6-4-19(5-7-21)15-30-10-8-20(27)16-30/h9,11,14,19-21,25,28H,4-8,10,12-13,15-18H2,1-3H3,(H,29,33)/t19-,20-,21-,25?/m0/s1. The molecular weight excluding hydrogens is 461 g/mol. The van der Waals surface area contributed by atoms with Crippen LogP contribution in [0.15, 0.2) is 35.3 Å². The van der Waals surface area contributed by atoms with Crippen LogP contribution in [0.3, 0.4) is 0 Å². The van der Waals surface area contributed by atoms with Gasteiger partial charge >= 0.3 is 0 Å². The molecule has 0 spiro atoms. The summed E-state index contributed by atoms with van der Waals surface area (Å²) < 4.78 is 19.6. The molecule has 5 aliphatic rings. The second-order valence-corrected chi connectivity index (χ2v) is 17.7. The highest BCUT2D eigenvalue weighted by Crippen LogP contribution is 2.38. The zero-order chi connectivity index (χ0) is 24.6. The largest absolute Gasteiger partial charge is 0.367 e. The third kappa shape index (κ3) is 5.62. The van der Waals surface area contributed by atoms with E-state index in [9.17, 15) is 9.18 Å². The average Bonchev–Trinajstić information content (AvgIpc) is 3.43. The molecule has 35 heavy (non-hydrogen) atoms. The fraction of sp³-hybridized carbons (Fsp3) is 0.731. The summed E-state index contributed by atoms with van der Waals surface area (Å²) in [7, 11) is -1.11. The normalized spacial score (nSPS) is 31.3. The van der Waals surface area contributed by atoms with Crippen LogP contribution in [0.5, 0.6) is 0 Å². The van der Waals surface area contributed by atoms with Crippen LogP contribution in [0, 0.1) is 5.92 Å². The first kappa shape index (κ1) is 24.8. The number of carbonyl (C=O) groups excluding carboxylic acids is 1. The number of nitrogens with one attached hydrogen (secondary N) is 2. The number of fused-ring (bicyclic) bond motifs is 2. The number of ether oxygens (including phenoxy) is 1. The summed E-state index contributed by atoms with van der Waals surface area (Å²) in [6.45, 7) is 11.6. The van der Waals surface area contributed by atoms with Crippen molar-refractivity contribution in [2.45, 2.75) is 76.2 Å². The van der Waals surface area contributed by atoms with Gasteiger partial charge in [0, 0.05) is 58.3 Å². The molecule has 4 aliphatic heterocycles. The van der Waals surface area contributed by atoms with Gasteiger partial charge in [0.2, 0.25) is 0 Å². The van der Waals surface area contributed by atoms with Gasteiger partial charge in [0.1, 0.15) is 19.1 Å². The van der Waals surface area contributed by atoms with E-state index in [0.29, 0.717) is 38.3 Å². The lowest BCUT2D eigenvalue weighted by molar-refractivity contribution is -0.119. The van der Waals surface area contributed by atoms with Gasteiger partial charge in [-0.15, -0.1) is 0 Å². The highest BCUT2D eigenvalue weighted by atomic mass is 28.3. The number of alkyl halides is 1. The Morgan fingerprint density at radius 3 is 2.69 bits per heavy atom. The molecule has 1 saturated carbocycles. The molecule has 9 heteroatoms. The van der Waals surface area contributed by atoms with Crippen molar-refractivity contribution in [2.75, 3.05) is 39.6 Å². The number of hydrogen-bond acceptors (Lipinski definition) is 6. The fourth-order valence-electron chi connectivity index (χ4n) is 6.07. The summed E-state index contributed by atoms with van der Waals surface area (Å²) in [5.74, 6) is 0.649. The summed E-state index contributed by atoms with van der Waals surface area (Å²) in [5, 5.41) is 6.53. The van der Waals surface area contributed by atoms with Gasteiger partial charge in [0.05, 0.1) is 17.9 Å². The zero-order valence-electron chi connectivity index (χ0n) is 21.6. The first-order valence-electron chi connectivity index (χ1n) is 13.4. The van der Waals surface area contributed by atoms with E-state index in [0.717, 1.165) is 49.9 Å². The molecule has 2 N–H and O–H groups in total. The molecule has 0 aromatic heterocycles. The van der Waals surface area contributed by atoms with Gasteiger partial charge in [-0.3, -0.25) is 4.79 Å². The number of dihydropyridines is 1. The summed E-state index contributed by atoms with van der Waals surface area (Å²) in [4.78, 5) is 19.7. The number of likely N-dealkylation sites (tertiary alicyclic amines) is 1. The van der Waals surface area contributed by atoms with Crippen LogP contribution >= 0.6 is 0 Å². The van der Waals surface area contributed by atoms with Crippen LogP contribution in [0.2, 0.25) is 25.7 Å². The van der Waals surface area contributed by atoms with Gasteiger partial charge in [-0.2, -0.15) is 0 Å². The quantitative estimate of drug-likeness (QED) is 0.392. The van der Waals surface area contributed by atoms with Crippen LogP contribution in [0.4, 0.5) is 4.39 Å². The highest BCUT2D eigenvalue weighted by Gasteiger charge is 2.40. The third-order valence-electron chi connectivity index (χ3n) is 8.15. The summed E-state index contributed by atoms with van der Waals surface area (Å²) in [6, 6.07) is 1.57. The molecule has 1 aliphatic carbocycles. The lowest BCUT2D eigenvalue weighted by Crippen LogP contribution is -2.54. The van der Waals surface area contributed by atoms with Crippen molar-refractivity contribution in [3.05, 3.63) is 35.3 Å². The van der Waals surface area contributed by atoms with E-state index in [1.54, 1.807) is 0 Å². The van der Waals surface area contributed by atoms with Gasteiger partial charge < -0.3 is 30.1 Å². The van der Waals surface area contributed by atoms with E-state index in [2.05, 4.69) is 57.3 Å². The van der Waals surface area contributed by atoms with Crippen molar-refractivity contribution in [1.29, 1.82) is 0 Å². The Hall–Kier alpha value is -1.84. The van der Waals surface area contributed by atoms with E-state index in [1.807, 2.05) is 6.20 Å². The minimum atomic E-state index is -1.11. The summed E-state index contributed by atoms with van der Waals surface area (Å²) in [6.07, 6.45) is 10.8. The molecule has 3 fully saturated rings. The Morgan fingerprint density at radius 1 is 1.17 bits per heavy atom. The van der Waals surface area contributed by atoms with Crippen molar-refractivity contribution >= 4 is 14.0 Å². The van der Waals surface area contributed by atoms with Crippen molar-refractivity contribution < 1.29 is 13.9 Å². The lowest BCUT2D eigenvalue weighted by Gasteiger charge is -2.45. The van der Waals surface area contributed by atoms with E-state index in [-0.39, 0.29) is 12.1 Å². The van der Waals surface area contributed by atoms with Gasteiger partial charge in [-0.05, 0) is 50.1 Å². The molecule has 0 bridgehead atoms. The van der Waals surface area contributed by atoms with Crippen LogP contribution < -0.4 is 10.6 Å². The molecule has 0 aromatic carbocycles. The van der Waals surface area contributed by atoms with E-state index in [4.69, 9.17) is 4.74 Å². The number of nitrogens with zero attached hydrogens (tertiary/aromatic N) is 3. The molecule has 5 rings (SSSR count). The van der Waals surface area contributed by atoms with Crippen LogP contribution in [0.1, 0.15) is 32.1 Å². The van der Waals surface area contributed by atoms with Crippen LogP contribution in [-0.2, 0) is 9.53 Å². The van der Waals surface area contributed by atoms with Crippen LogP contribution in [-0.4, -0.2) is 86.7 Å². The number of amides is 1. The monoisotopic (exact) mass is 503 g/mol. The Balaban J connectivity index is 1.22. The van der Waals surface area contributed by atoms with E-state index < -0.39 is 14.2 Å².